The Kier molecular flexibility index (Phi) is 9.17. The van der Waals surface area contributed by atoms with Crippen LogP contribution in [0.1, 0.15) is 51.4 Å². The molecule has 0 fully saturated rings. The minimum atomic E-state index is -0.193. The molecule has 1 unspecified atom stereocenters. The van der Waals surface area contributed by atoms with Gasteiger partial charge in [0.25, 0.3) is 0 Å². The molecule has 0 saturated carbocycles. The summed E-state index contributed by atoms with van der Waals surface area (Å²) in [5, 5.41) is 30.5. The van der Waals surface area contributed by atoms with Crippen molar-refractivity contribution < 1.29 is 34.3 Å². The van der Waals surface area contributed by atoms with E-state index in [0.717, 1.165) is 28.0 Å². The third kappa shape index (κ3) is 6.67. The first kappa shape index (κ1) is 28.4. The van der Waals surface area contributed by atoms with Crippen LogP contribution in [0.4, 0.5) is 0 Å². The lowest BCUT2D eigenvalue weighted by Crippen LogP contribution is -2.07. The summed E-state index contributed by atoms with van der Waals surface area (Å²) in [7, 11) is 4.72. The molecule has 0 aliphatic heterocycles. The highest BCUT2D eigenvalue weighted by molar-refractivity contribution is 5.96. The summed E-state index contributed by atoms with van der Waals surface area (Å²) in [5.74, 6) is 1.93. The van der Waals surface area contributed by atoms with E-state index in [1.807, 2.05) is 36.4 Å². The Balaban J connectivity index is 1.67. The molecule has 7 heteroatoms. The van der Waals surface area contributed by atoms with E-state index in [4.69, 9.17) is 14.2 Å². The fraction of sp³-hybridized carbons (Fsp3) is 0.242. The molecule has 4 rings (SSSR count). The largest absolute Gasteiger partial charge is 0.508 e. The van der Waals surface area contributed by atoms with E-state index in [1.54, 1.807) is 44.6 Å². The SMILES string of the molecule is COc1ccc(C(CCc2ccc(O)cc2OC)c2cc(CCC(=O)c3ccc(O)cc3)c(OC)cc2O)cc1. The van der Waals surface area contributed by atoms with Crippen molar-refractivity contribution >= 4 is 5.78 Å². The summed E-state index contributed by atoms with van der Waals surface area (Å²) >= 11 is 0. The van der Waals surface area contributed by atoms with Crippen LogP contribution in [0.5, 0.6) is 34.5 Å². The number of carbonyl (C=O) groups excluding carboxylic acids is 1. The smallest absolute Gasteiger partial charge is 0.163 e. The summed E-state index contributed by atoms with van der Waals surface area (Å²) < 4.78 is 16.4. The van der Waals surface area contributed by atoms with Gasteiger partial charge >= 0.3 is 0 Å². The summed E-state index contributed by atoms with van der Waals surface area (Å²) in [6, 6.07) is 22.5. The van der Waals surface area contributed by atoms with Gasteiger partial charge in [-0.15, -0.1) is 0 Å². The van der Waals surface area contributed by atoms with E-state index in [2.05, 4.69) is 0 Å². The van der Waals surface area contributed by atoms with Gasteiger partial charge in [0.1, 0.15) is 34.5 Å². The Hall–Kier alpha value is -4.65. The van der Waals surface area contributed by atoms with E-state index >= 15 is 0 Å². The topological polar surface area (TPSA) is 105 Å². The molecule has 0 saturated heterocycles. The zero-order valence-corrected chi connectivity index (χ0v) is 22.9. The van der Waals surface area contributed by atoms with Gasteiger partial charge in [0.2, 0.25) is 0 Å². The molecule has 40 heavy (non-hydrogen) atoms. The molecule has 3 N–H and O–H groups in total. The Morgan fingerprint density at radius 3 is 2.00 bits per heavy atom. The Morgan fingerprint density at radius 1 is 0.700 bits per heavy atom. The summed E-state index contributed by atoms with van der Waals surface area (Å²) in [6.07, 6.45) is 1.92. The molecular weight excluding hydrogens is 508 g/mol. The van der Waals surface area contributed by atoms with Gasteiger partial charge in [0.05, 0.1) is 21.3 Å². The number of aromatic hydroxyl groups is 3. The van der Waals surface area contributed by atoms with Gasteiger partial charge in [-0.2, -0.15) is 0 Å². The number of hydrogen-bond donors (Lipinski definition) is 3. The van der Waals surface area contributed by atoms with Gasteiger partial charge in [-0.3, -0.25) is 4.79 Å². The highest BCUT2D eigenvalue weighted by Crippen LogP contribution is 2.40. The fourth-order valence-electron chi connectivity index (χ4n) is 4.91. The number of rotatable bonds is 12. The van der Waals surface area contributed by atoms with Crippen molar-refractivity contribution in [3.63, 3.8) is 0 Å². The van der Waals surface area contributed by atoms with Gasteiger partial charge in [0, 0.05) is 35.6 Å². The van der Waals surface area contributed by atoms with Crippen molar-refractivity contribution in [1.82, 2.24) is 0 Å². The van der Waals surface area contributed by atoms with Gasteiger partial charge in [-0.05, 0) is 84.5 Å². The minimum absolute atomic E-state index is 0.0530. The average Bonchev–Trinajstić information content (AvgIpc) is 2.97. The monoisotopic (exact) mass is 542 g/mol. The van der Waals surface area contributed by atoms with Crippen LogP contribution in [-0.2, 0) is 12.8 Å². The van der Waals surface area contributed by atoms with Crippen LogP contribution in [0.15, 0.2) is 78.9 Å². The second-order valence-electron chi connectivity index (χ2n) is 9.55. The minimum Gasteiger partial charge on any atom is -0.508 e. The van der Waals surface area contributed by atoms with Crippen molar-refractivity contribution in [3.8, 4) is 34.5 Å². The van der Waals surface area contributed by atoms with E-state index in [-0.39, 0.29) is 35.4 Å². The first-order valence-electron chi connectivity index (χ1n) is 13.0. The third-order valence-electron chi connectivity index (χ3n) is 7.11. The molecule has 0 heterocycles. The van der Waals surface area contributed by atoms with Crippen molar-refractivity contribution in [1.29, 1.82) is 0 Å². The molecule has 0 amide bonds. The predicted molar refractivity (Wildman–Crippen MR) is 153 cm³/mol. The van der Waals surface area contributed by atoms with Crippen molar-refractivity contribution in [2.75, 3.05) is 21.3 Å². The molecule has 0 aromatic heterocycles. The van der Waals surface area contributed by atoms with Gasteiger partial charge in [-0.25, -0.2) is 0 Å². The maximum atomic E-state index is 12.8. The lowest BCUT2D eigenvalue weighted by Gasteiger charge is -2.22. The zero-order valence-electron chi connectivity index (χ0n) is 22.9. The van der Waals surface area contributed by atoms with Crippen LogP contribution in [-0.4, -0.2) is 42.4 Å². The van der Waals surface area contributed by atoms with E-state index < -0.39 is 0 Å². The molecule has 0 spiro atoms. The van der Waals surface area contributed by atoms with E-state index in [1.165, 1.54) is 19.2 Å². The lowest BCUT2D eigenvalue weighted by atomic mass is 9.84. The fourth-order valence-corrected chi connectivity index (χ4v) is 4.91. The molecule has 0 aliphatic carbocycles. The van der Waals surface area contributed by atoms with Crippen molar-refractivity contribution in [2.45, 2.75) is 31.6 Å². The van der Waals surface area contributed by atoms with Crippen LogP contribution >= 0.6 is 0 Å². The number of ketones is 1. The van der Waals surface area contributed by atoms with Crippen LogP contribution in [0, 0.1) is 0 Å². The number of aryl methyl sites for hydroxylation is 2. The summed E-state index contributed by atoms with van der Waals surface area (Å²) in [6.45, 7) is 0. The van der Waals surface area contributed by atoms with Crippen LogP contribution in [0.25, 0.3) is 0 Å². The molecule has 7 nitrogen and oxygen atoms in total. The third-order valence-corrected chi connectivity index (χ3v) is 7.11. The average molecular weight is 543 g/mol. The molecule has 4 aromatic rings. The molecule has 1 atom stereocenters. The highest BCUT2D eigenvalue weighted by atomic mass is 16.5. The quantitative estimate of drug-likeness (QED) is 0.178. The zero-order chi connectivity index (χ0) is 28.6. The number of ether oxygens (including phenoxy) is 3. The number of methoxy groups -OCH3 is 3. The number of hydrogen-bond acceptors (Lipinski definition) is 7. The van der Waals surface area contributed by atoms with Gasteiger partial charge in [0.15, 0.2) is 5.78 Å². The molecular formula is C33H34O7. The predicted octanol–water partition coefficient (Wildman–Crippen LogP) is 6.41. The maximum absolute atomic E-state index is 12.8. The molecule has 208 valence electrons. The van der Waals surface area contributed by atoms with Crippen LogP contribution in [0.2, 0.25) is 0 Å². The Morgan fingerprint density at radius 2 is 1.35 bits per heavy atom. The maximum Gasteiger partial charge on any atom is 0.163 e. The van der Waals surface area contributed by atoms with E-state index in [0.29, 0.717) is 36.3 Å². The Bertz CT molecular complexity index is 1440. The number of Topliss-reactive ketones (excluding diaryl/α,β-unsaturated/α-hetero) is 1. The van der Waals surface area contributed by atoms with Gasteiger partial charge in [-0.1, -0.05) is 18.2 Å². The van der Waals surface area contributed by atoms with Crippen molar-refractivity contribution in [2.24, 2.45) is 0 Å². The number of benzene rings is 4. The van der Waals surface area contributed by atoms with Gasteiger partial charge < -0.3 is 29.5 Å². The molecule has 0 bridgehead atoms. The second-order valence-corrected chi connectivity index (χ2v) is 9.55. The first-order valence-corrected chi connectivity index (χ1v) is 13.0. The molecule has 4 aromatic carbocycles. The van der Waals surface area contributed by atoms with Crippen LogP contribution < -0.4 is 14.2 Å². The van der Waals surface area contributed by atoms with Crippen LogP contribution in [0.3, 0.4) is 0 Å². The Labute approximate surface area is 234 Å². The standard InChI is InChI=1S/C33H34O7/c1-38-27-14-7-21(8-15-27)28(16-9-23-6-13-26(35)19-32(23)39-2)29-18-24(33(40-3)20-31(29)37)10-17-30(36)22-4-11-25(34)12-5-22/h4-8,11-15,18-20,28,34-35,37H,9-10,16-17H2,1-3H3. The first-order chi connectivity index (χ1) is 19.3. The normalized spacial score (nSPS) is 11.6. The molecule has 0 aliphatic rings. The lowest BCUT2D eigenvalue weighted by molar-refractivity contribution is 0.0982. The number of carbonyl (C=O) groups is 1. The summed E-state index contributed by atoms with van der Waals surface area (Å²) in [5.41, 5.74) is 3.98. The molecule has 0 radical (unpaired) electrons. The summed E-state index contributed by atoms with van der Waals surface area (Å²) in [4.78, 5) is 12.8. The number of phenols is 3. The highest BCUT2D eigenvalue weighted by Gasteiger charge is 2.22. The van der Waals surface area contributed by atoms with E-state index in [9.17, 15) is 20.1 Å². The van der Waals surface area contributed by atoms with Crippen molar-refractivity contribution in [3.05, 3.63) is 107 Å². The second kappa shape index (κ2) is 12.9. The number of phenolic OH excluding ortho intramolecular Hbond substituents is 3.